The Morgan fingerprint density at radius 1 is 1.15 bits per heavy atom. The quantitative estimate of drug-likeness (QED) is 0.707. The second kappa shape index (κ2) is 7.40. The van der Waals surface area contributed by atoms with E-state index in [1.807, 2.05) is 0 Å². The van der Waals surface area contributed by atoms with Gasteiger partial charge in [-0.25, -0.2) is 4.68 Å². The molecule has 0 aliphatic rings. The molecule has 27 heavy (non-hydrogen) atoms. The van der Waals surface area contributed by atoms with Gasteiger partial charge < -0.3 is 15.2 Å². The van der Waals surface area contributed by atoms with Crippen LogP contribution in [0.4, 0.5) is 18.9 Å². The van der Waals surface area contributed by atoms with Crippen LogP contribution in [0.2, 0.25) is 0 Å². The molecule has 1 heterocycles. The zero-order chi connectivity index (χ0) is 19.4. The number of halogens is 3. The average molecular weight is 377 g/mol. The van der Waals surface area contributed by atoms with Gasteiger partial charge in [-0.2, -0.15) is 18.3 Å². The first kappa shape index (κ1) is 18.3. The van der Waals surface area contributed by atoms with Crippen molar-refractivity contribution in [2.45, 2.75) is 12.9 Å². The van der Waals surface area contributed by atoms with Crippen molar-refractivity contribution in [3.8, 4) is 11.5 Å². The number of amides is 1. The second-order valence-corrected chi connectivity index (χ2v) is 5.54. The first-order valence-corrected chi connectivity index (χ1v) is 7.75. The molecule has 1 aromatic heterocycles. The van der Waals surface area contributed by atoms with E-state index in [2.05, 4.69) is 10.4 Å². The highest BCUT2D eigenvalue weighted by Gasteiger charge is 2.30. The minimum atomic E-state index is -4.46. The lowest BCUT2D eigenvalue weighted by Gasteiger charge is -2.10. The molecule has 140 valence electrons. The number of alkyl halides is 3. The number of anilines is 1. The van der Waals surface area contributed by atoms with Crippen LogP contribution in [0.5, 0.6) is 11.5 Å². The zero-order valence-electron chi connectivity index (χ0n) is 13.8. The van der Waals surface area contributed by atoms with Gasteiger partial charge in [0.15, 0.2) is 12.4 Å². The van der Waals surface area contributed by atoms with Gasteiger partial charge in [0, 0.05) is 18.0 Å². The summed E-state index contributed by atoms with van der Waals surface area (Å²) in [5.41, 5.74) is -0.326. The lowest BCUT2D eigenvalue weighted by molar-refractivity contribution is -0.137. The van der Waals surface area contributed by atoms with Crippen molar-refractivity contribution >= 4 is 11.6 Å². The fourth-order valence-electron chi connectivity index (χ4n) is 2.24. The van der Waals surface area contributed by atoms with Crippen LogP contribution in [-0.2, 0) is 12.9 Å². The van der Waals surface area contributed by atoms with Crippen molar-refractivity contribution in [2.75, 3.05) is 5.32 Å². The third-order valence-corrected chi connectivity index (χ3v) is 3.50. The number of carbonyl (C=O) groups is 1. The van der Waals surface area contributed by atoms with Crippen LogP contribution >= 0.6 is 0 Å². The van der Waals surface area contributed by atoms with E-state index < -0.39 is 17.6 Å². The third kappa shape index (κ3) is 4.78. The lowest BCUT2D eigenvalue weighted by atomic mass is 10.2. The number of phenols is 1. The van der Waals surface area contributed by atoms with Crippen LogP contribution in [0.1, 0.15) is 16.1 Å². The maximum absolute atomic E-state index is 12.7. The maximum Gasteiger partial charge on any atom is 0.416 e. The number of nitrogens with one attached hydrogen (secondary N) is 1. The third-order valence-electron chi connectivity index (χ3n) is 3.50. The summed E-state index contributed by atoms with van der Waals surface area (Å²) in [7, 11) is 0. The summed E-state index contributed by atoms with van der Waals surface area (Å²) < 4.78 is 44.6. The molecule has 0 bridgehead atoms. The Hall–Kier alpha value is -3.49. The van der Waals surface area contributed by atoms with E-state index in [1.54, 1.807) is 12.1 Å². The first-order chi connectivity index (χ1) is 12.8. The Kier molecular flexibility index (Phi) is 5.02. The van der Waals surface area contributed by atoms with Crippen molar-refractivity contribution in [1.82, 2.24) is 9.78 Å². The summed E-state index contributed by atoms with van der Waals surface area (Å²) in [6, 6.07) is 11.9. The van der Waals surface area contributed by atoms with Crippen LogP contribution in [0, 0.1) is 0 Å². The first-order valence-electron chi connectivity index (χ1n) is 7.75. The number of rotatable bonds is 5. The lowest BCUT2D eigenvalue weighted by Crippen LogP contribution is -2.14. The molecule has 3 rings (SSSR count). The molecule has 0 unspecified atom stereocenters. The molecule has 3 aromatic rings. The highest BCUT2D eigenvalue weighted by Crippen LogP contribution is 2.31. The van der Waals surface area contributed by atoms with Gasteiger partial charge in [-0.05, 0) is 36.4 Å². The fourth-order valence-corrected chi connectivity index (χ4v) is 2.24. The highest BCUT2D eigenvalue weighted by atomic mass is 19.4. The summed E-state index contributed by atoms with van der Waals surface area (Å²) in [6.07, 6.45) is -2.99. The second-order valence-electron chi connectivity index (χ2n) is 5.54. The Morgan fingerprint density at radius 2 is 1.93 bits per heavy atom. The number of carbonyl (C=O) groups excluding carboxylic acids is 1. The molecule has 6 nitrogen and oxygen atoms in total. The van der Waals surface area contributed by atoms with E-state index in [1.165, 1.54) is 41.2 Å². The van der Waals surface area contributed by atoms with Crippen LogP contribution in [0.3, 0.4) is 0 Å². The number of aromatic hydroxyl groups is 1. The van der Waals surface area contributed by atoms with Gasteiger partial charge in [-0.15, -0.1) is 0 Å². The Bertz CT molecular complexity index is 954. The van der Waals surface area contributed by atoms with Crippen LogP contribution in [0.15, 0.2) is 60.8 Å². The molecule has 0 radical (unpaired) electrons. The number of aromatic nitrogens is 2. The predicted molar refractivity (Wildman–Crippen MR) is 90.4 cm³/mol. The molecule has 1 amide bonds. The number of hydrogen-bond donors (Lipinski definition) is 2. The number of phenolic OH excluding ortho intramolecular Hbond substituents is 1. The number of hydrogen-bond acceptors (Lipinski definition) is 4. The van der Waals surface area contributed by atoms with E-state index in [0.29, 0.717) is 5.69 Å². The SMILES string of the molecule is O=C(Nc1cccc(O)c1)c1ccn(COc2cccc(C(F)(F)F)c2)n1. The molecule has 0 spiro atoms. The molecule has 0 saturated heterocycles. The van der Waals surface area contributed by atoms with E-state index in [0.717, 1.165) is 12.1 Å². The molecule has 0 aliphatic carbocycles. The van der Waals surface area contributed by atoms with Crippen molar-refractivity contribution in [2.24, 2.45) is 0 Å². The normalized spacial score (nSPS) is 11.2. The molecule has 0 aliphatic heterocycles. The summed E-state index contributed by atoms with van der Waals surface area (Å²) >= 11 is 0. The van der Waals surface area contributed by atoms with E-state index in [9.17, 15) is 23.1 Å². The summed E-state index contributed by atoms with van der Waals surface area (Å²) in [4.78, 5) is 12.1. The monoisotopic (exact) mass is 377 g/mol. The largest absolute Gasteiger partial charge is 0.508 e. The van der Waals surface area contributed by atoms with Gasteiger partial charge in [-0.3, -0.25) is 4.79 Å². The van der Waals surface area contributed by atoms with Crippen molar-refractivity contribution < 1.29 is 27.8 Å². The van der Waals surface area contributed by atoms with Crippen molar-refractivity contribution in [1.29, 1.82) is 0 Å². The predicted octanol–water partition coefficient (Wildman–Crippen LogP) is 3.90. The zero-order valence-corrected chi connectivity index (χ0v) is 13.8. The number of benzene rings is 2. The van der Waals surface area contributed by atoms with Crippen molar-refractivity contribution in [3.05, 3.63) is 72.1 Å². The van der Waals surface area contributed by atoms with Gasteiger partial charge in [-0.1, -0.05) is 12.1 Å². The van der Waals surface area contributed by atoms with Crippen LogP contribution in [0.25, 0.3) is 0 Å². The molecule has 0 fully saturated rings. The number of nitrogens with zero attached hydrogens (tertiary/aromatic N) is 2. The van der Waals surface area contributed by atoms with Gasteiger partial charge in [0.2, 0.25) is 0 Å². The van der Waals surface area contributed by atoms with E-state index in [4.69, 9.17) is 4.74 Å². The van der Waals surface area contributed by atoms with Gasteiger partial charge in [0.05, 0.1) is 5.56 Å². The van der Waals surface area contributed by atoms with Gasteiger partial charge in [0.1, 0.15) is 11.5 Å². The average Bonchev–Trinajstić information content (AvgIpc) is 3.09. The van der Waals surface area contributed by atoms with Crippen LogP contribution in [-0.4, -0.2) is 20.8 Å². The molecular weight excluding hydrogens is 363 g/mol. The topological polar surface area (TPSA) is 76.4 Å². The summed E-state index contributed by atoms with van der Waals surface area (Å²) in [5, 5.41) is 16.0. The summed E-state index contributed by atoms with van der Waals surface area (Å²) in [5.74, 6) is -0.461. The molecule has 9 heteroatoms. The van der Waals surface area contributed by atoms with Crippen LogP contribution < -0.4 is 10.1 Å². The minimum Gasteiger partial charge on any atom is -0.508 e. The maximum atomic E-state index is 12.7. The molecular formula is C18H14F3N3O3. The van der Waals surface area contributed by atoms with E-state index in [-0.39, 0.29) is 23.9 Å². The Labute approximate surface area is 151 Å². The molecule has 2 aromatic carbocycles. The van der Waals surface area contributed by atoms with Gasteiger partial charge in [0.25, 0.3) is 5.91 Å². The van der Waals surface area contributed by atoms with E-state index >= 15 is 0 Å². The summed E-state index contributed by atoms with van der Waals surface area (Å²) in [6.45, 7) is -0.166. The minimum absolute atomic E-state index is 0.00724. The fraction of sp³-hybridized carbons (Fsp3) is 0.111. The Morgan fingerprint density at radius 3 is 2.67 bits per heavy atom. The van der Waals surface area contributed by atoms with Gasteiger partial charge >= 0.3 is 6.18 Å². The smallest absolute Gasteiger partial charge is 0.416 e. The molecule has 2 N–H and O–H groups in total. The highest BCUT2D eigenvalue weighted by molar-refractivity contribution is 6.02. The Balaban J connectivity index is 1.62. The standard InChI is InChI=1S/C18H14F3N3O3/c19-18(20,21)12-3-1-6-15(9-12)27-11-24-8-7-16(23-24)17(26)22-13-4-2-5-14(25)10-13/h1-10,25H,11H2,(H,22,26). The molecule has 0 atom stereocenters. The number of ether oxygens (including phenoxy) is 1. The van der Waals surface area contributed by atoms with Crippen molar-refractivity contribution in [3.63, 3.8) is 0 Å². The molecule has 0 saturated carbocycles.